The highest BCUT2D eigenvalue weighted by Gasteiger charge is 2.74. The normalized spacial score (nSPS) is 34.7. The van der Waals surface area contributed by atoms with Crippen molar-refractivity contribution in [2.24, 2.45) is 11.8 Å². The maximum atomic E-state index is 14.5. The van der Waals surface area contributed by atoms with Gasteiger partial charge in [-0.15, -0.1) is 11.8 Å². The van der Waals surface area contributed by atoms with Crippen molar-refractivity contribution in [2.45, 2.75) is 61.2 Å². The fraction of sp³-hybridized carbons (Fsp3) is 0.552. The summed E-state index contributed by atoms with van der Waals surface area (Å²) in [7, 11) is 1.77. The molecular weight excluding hydrogens is 486 g/mol. The zero-order chi connectivity index (χ0) is 26.5. The van der Waals surface area contributed by atoms with Gasteiger partial charge in [-0.1, -0.05) is 68.0 Å². The van der Waals surface area contributed by atoms with E-state index in [1.807, 2.05) is 60.4 Å². The molecule has 0 saturated carbocycles. The highest BCUT2D eigenvalue weighted by Crippen LogP contribution is 2.66. The van der Waals surface area contributed by atoms with Gasteiger partial charge in [-0.05, 0) is 25.8 Å². The molecule has 4 aliphatic rings. The van der Waals surface area contributed by atoms with Crippen molar-refractivity contribution in [3.8, 4) is 0 Å². The van der Waals surface area contributed by atoms with Gasteiger partial charge in [0.15, 0.2) is 0 Å². The van der Waals surface area contributed by atoms with E-state index in [2.05, 4.69) is 19.9 Å². The van der Waals surface area contributed by atoms with Crippen LogP contribution in [0.1, 0.15) is 45.2 Å². The predicted molar refractivity (Wildman–Crippen MR) is 145 cm³/mol. The van der Waals surface area contributed by atoms with Crippen molar-refractivity contribution >= 4 is 29.5 Å². The molecule has 7 atom stereocenters. The van der Waals surface area contributed by atoms with Crippen LogP contribution in [0, 0.1) is 11.8 Å². The van der Waals surface area contributed by atoms with Crippen LogP contribution in [0.4, 0.5) is 0 Å². The second kappa shape index (κ2) is 9.62. The Kier molecular flexibility index (Phi) is 6.77. The molecule has 1 spiro atoms. The lowest BCUT2D eigenvalue weighted by Crippen LogP contribution is -2.56. The van der Waals surface area contributed by atoms with Crippen LogP contribution < -0.4 is 0 Å². The third kappa shape index (κ3) is 3.86. The summed E-state index contributed by atoms with van der Waals surface area (Å²) in [5.41, 5.74) is 0.777. The van der Waals surface area contributed by atoms with Crippen molar-refractivity contribution in [1.82, 2.24) is 14.7 Å². The molecule has 0 aromatic heterocycles. The topological polar surface area (TPSA) is 81.2 Å². The second-order valence-corrected chi connectivity index (χ2v) is 12.8. The molecule has 0 radical (unpaired) electrons. The number of amides is 3. The Morgan fingerprint density at radius 1 is 1.03 bits per heavy atom. The molecule has 2 fully saturated rings. The Hall–Kier alpha value is -2.58. The number of nitrogens with zero attached hydrogens (tertiary/aromatic N) is 3. The van der Waals surface area contributed by atoms with E-state index < -0.39 is 33.4 Å². The average molecular weight is 524 g/mol. The van der Waals surface area contributed by atoms with E-state index in [1.54, 1.807) is 28.6 Å². The quantitative estimate of drug-likeness (QED) is 0.580. The minimum atomic E-state index is -0.908. The van der Waals surface area contributed by atoms with E-state index >= 15 is 0 Å². The molecule has 7 nitrogen and oxygen atoms in total. The molecule has 8 heteroatoms. The lowest BCUT2D eigenvalue weighted by molar-refractivity contribution is -0.147. The highest BCUT2D eigenvalue weighted by atomic mass is 32.2. The van der Waals surface area contributed by atoms with E-state index in [9.17, 15) is 19.5 Å². The lowest BCUT2D eigenvalue weighted by Gasteiger charge is -2.41. The summed E-state index contributed by atoms with van der Waals surface area (Å²) in [4.78, 5) is 48.0. The van der Waals surface area contributed by atoms with Crippen molar-refractivity contribution in [2.75, 3.05) is 26.7 Å². The molecule has 4 heterocycles. The number of fused-ring (bicyclic) bond motifs is 2. The van der Waals surface area contributed by atoms with Crippen LogP contribution in [-0.4, -0.2) is 85.8 Å². The fourth-order valence-electron chi connectivity index (χ4n) is 6.94. The molecule has 0 aliphatic carbocycles. The summed E-state index contributed by atoms with van der Waals surface area (Å²) < 4.78 is -1.53. The zero-order valence-corrected chi connectivity index (χ0v) is 22.9. The van der Waals surface area contributed by atoms with Crippen LogP contribution >= 0.6 is 11.8 Å². The van der Waals surface area contributed by atoms with Gasteiger partial charge in [-0.2, -0.15) is 0 Å². The molecule has 5 rings (SSSR count). The van der Waals surface area contributed by atoms with Gasteiger partial charge in [0, 0.05) is 30.9 Å². The van der Waals surface area contributed by atoms with Gasteiger partial charge in [0.1, 0.15) is 6.04 Å². The molecular formula is C29H37N3O4S. The van der Waals surface area contributed by atoms with Crippen LogP contribution in [-0.2, 0) is 14.4 Å². The number of benzene rings is 1. The molecule has 1 aromatic carbocycles. The number of hydrogen-bond donors (Lipinski definition) is 1. The molecule has 37 heavy (non-hydrogen) atoms. The van der Waals surface area contributed by atoms with Crippen LogP contribution in [0.2, 0.25) is 0 Å². The monoisotopic (exact) mass is 523 g/mol. The van der Waals surface area contributed by atoms with E-state index in [0.717, 1.165) is 18.4 Å². The summed E-state index contributed by atoms with van der Waals surface area (Å²) in [6.07, 6.45) is 9.93. The number of likely N-dealkylation sites (N-methyl/N-ethyl adjacent to an activating group) is 1. The molecule has 1 N–H and O–H groups in total. The summed E-state index contributed by atoms with van der Waals surface area (Å²) in [5, 5.41) is 10.6. The van der Waals surface area contributed by atoms with E-state index in [4.69, 9.17) is 0 Å². The smallest absolute Gasteiger partial charge is 0.247 e. The summed E-state index contributed by atoms with van der Waals surface area (Å²) in [5.74, 6) is -1.71. The van der Waals surface area contributed by atoms with Crippen LogP contribution in [0.5, 0.6) is 0 Å². The molecule has 3 amide bonds. The number of likely N-dealkylation sites (tertiary alicyclic amines) is 1. The Morgan fingerprint density at radius 3 is 2.41 bits per heavy atom. The molecule has 2 unspecified atom stereocenters. The Morgan fingerprint density at radius 2 is 1.73 bits per heavy atom. The van der Waals surface area contributed by atoms with Crippen LogP contribution in [0.15, 0.2) is 54.6 Å². The number of aliphatic hydroxyl groups is 1. The maximum absolute atomic E-state index is 14.5. The van der Waals surface area contributed by atoms with Crippen molar-refractivity contribution < 1.29 is 19.5 Å². The first kappa shape index (κ1) is 26.0. The van der Waals surface area contributed by atoms with Crippen molar-refractivity contribution in [3.63, 3.8) is 0 Å². The predicted octanol–water partition coefficient (Wildman–Crippen LogP) is 3.02. The van der Waals surface area contributed by atoms with Gasteiger partial charge in [0.2, 0.25) is 17.7 Å². The molecule has 1 aromatic rings. The van der Waals surface area contributed by atoms with Gasteiger partial charge < -0.3 is 19.8 Å². The Bertz CT molecular complexity index is 1140. The minimum absolute atomic E-state index is 0.0118. The average Bonchev–Trinajstić information content (AvgIpc) is 3.15. The van der Waals surface area contributed by atoms with E-state index in [1.165, 1.54) is 0 Å². The SMILES string of the molecule is CCCC(C)N1CC=C[C@]23S[C@@]4(C)C=CCN(C)C(=O)[C@H]4[C@H]2C(=O)N([C@H](CO)c2ccccc2)C3C1=O. The number of carbonyl (C=O) groups is 3. The Labute approximate surface area is 223 Å². The largest absolute Gasteiger partial charge is 0.394 e. The lowest BCUT2D eigenvalue weighted by atomic mass is 9.74. The highest BCUT2D eigenvalue weighted by molar-refractivity contribution is 8.02. The molecule has 4 aliphatic heterocycles. The summed E-state index contributed by atoms with van der Waals surface area (Å²) >= 11 is 1.58. The van der Waals surface area contributed by atoms with Gasteiger partial charge in [0.05, 0.1) is 29.2 Å². The maximum Gasteiger partial charge on any atom is 0.247 e. The van der Waals surface area contributed by atoms with Crippen molar-refractivity contribution in [3.05, 3.63) is 60.2 Å². The van der Waals surface area contributed by atoms with Crippen LogP contribution in [0.25, 0.3) is 0 Å². The number of rotatable bonds is 6. The zero-order valence-electron chi connectivity index (χ0n) is 22.0. The summed E-state index contributed by atoms with van der Waals surface area (Å²) in [6, 6.07) is 7.92. The van der Waals surface area contributed by atoms with Crippen molar-refractivity contribution in [1.29, 1.82) is 0 Å². The number of thioether (sulfide) groups is 1. The minimum Gasteiger partial charge on any atom is -0.394 e. The van der Waals surface area contributed by atoms with E-state index in [0.29, 0.717) is 13.1 Å². The third-order valence-electron chi connectivity index (χ3n) is 8.66. The first-order valence-electron chi connectivity index (χ1n) is 13.3. The van der Waals surface area contributed by atoms with Gasteiger partial charge >= 0.3 is 0 Å². The number of aliphatic hydroxyl groups excluding tert-OH is 1. The molecule has 2 saturated heterocycles. The first-order valence-corrected chi connectivity index (χ1v) is 14.1. The van der Waals surface area contributed by atoms with E-state index in [-0.39, 0.29) is 30.4 Å². The van der Waals surface area contributed by atoms with Crippen LogP contribution in [0.3, 0.4) is 0 Å². The first-order chi connectivity index (χ1) is 17.7. The third-order valence-corrected chi connectivity index (χ3v) is 10.5. The fourth-order valence-corrected chi connectivity index (χ4v) is 9.08. The second-order valence-electron chi connectivity index (χ2n) is 11.0. The van der Waals surface area contributed by atoms with Gasteiger partial charge in [0.25, 0.3) is 0 Å². The Balaban J connectivity index is 1.70. The van der Waals surface area contributed by atoms with Gasteiger partial charge in [-0.25, -0.2) is 0 Å². The summed E-state index contributed by atoms with van der Waals surface area (Å²) in [6.45, 7) is 6.84. The standard InChI is InChI=1S/C29H37N3O4S/c1-5-11-19(2)31-17-10-15-29-23(22-25(34)30(4)16-9-14-28(22,3)37-29)26(35)32(24(29)27(31)36)21(18-33)20-12-7-6-8-13-20/h6-10,12-15,19,21-24,33H,5,11,16-18H2,1-4H3/t19?,21-,22-,23+,24?,28+,29+/m1/s1. The molecule has 198 valence electrons. The van der Waals surface area contributed by atoms with Gasteiger partial charge in [-0.3, -0.25) is 14.4 Å². The number of carbonyl (C=O) groups excluding carboxylic acids is 3. The number of hydrogen-bond acceptors (Lipinski definition) is 5. The molecule has 0 bridgehead atoms.